The number of fused-ring (bicyclic) bond motifs is 2. The van der Waals surface area contributed by atoms with E-state index in [2.05, 4.69) is 149 Å². The van der Waals surface area contributed by atoms with Gasteiger partial charge in [0.1, 0.15) is 0 Å². The van der Waals surface area contributed by atoms with Crippen molar-refractivity contribution in [3.05, 3.63) is 126 Å². The van der Waals surface area contributed by atoms with E-state index in [0.29, 0.717) is 0 Å². The van der Waals surface area contributed by atoms with E-state index in [1.807, 2.05) is 18.3 Å². The maximum Gasteiger partial charge on any atom is 0.0650 e. The van der Waals surface area contributed by atoms with E-state index in [-0.39, 0.29) is 21.7 Å². The van der Waals surface area contributed by atoms with E-state index in [1.165, 1.54) is 28.1 Å². The molecule has 0 atom stereocenters. The van der Waals surface area contributed by atoms with Crippen LogP contribution in [0.5, 0.6) is 0 Å². The quantitative estimate of drug-likeness (QED) is 0.240. The molecule has 0 saturated carbocycles. The van der Waals surface area contributed by atoms with Crippen LogP contribution in [0.1, 0.15) is 77.8 Å². The number of H-pyrrole nitrogens is 1. The van der Waals surface area contributed by atoms with Gasteiger partial charge in [0.2, 0.25) is 0 Å². The maximum atomic E-state index is 5.03. The van der Waals surface area contributed by atoms with Gasteiger partial charge in [-0.05, 0) is 70.0 Å². The summed E-state index contributed by atoms with van der Waals surface area (Å²) >= 11 is 0. The number of rotatable bonds is 4. The topological polar surface area (TPSA) is 44.8 Å². The number of pyridine rings is 1. The summed E-state index contributed by atoms with van der Waals surface area (Å²) in [4.78, 5) is 7.48. The molecule has 0 amide bonds. The molecule has 0 fully saturated rings. The molecule has 0 saturated heterocycles. The van der Waals surface area contributed by atoms with Gasteiger partial charge < -0.3 is 4.90 Å². The number of nitrogens with zero attached hydrogens (tertiary/aromatic N) is 3. The van der Waals surface area contributed by atoms with Gasteiger partial charge in [-0.2, -0.15) is 5.10 Å². The highest BCUT2D eigenvalue weighted by Crippen LogP contribution is 2.59. The first-order valence-corrected chi connectivity index (χ1v) is 14.9. The highest BCUT2D eigenvalue weighted by Gasteiger charge is 2.54. The van der Waals surface area contributed by atoms with Gasteiger partial charge in [-0.15, -0.1) is 0 Å². The molecule has 0 bridgehead atoms. The normalized spacial score (nSPS) is 14.8. The van der Waals surface area contributed by atoms with Gasteiger partial charge in [0.25, 0.3) is 0 Å². The Labute approximate surface area is 250 Å². The van der Waals surface area contributed by atoms with Crippen LogP contribution in [0.4, 0.5) is 17.1 Å². The van der Waals surface area contributed by atoms with E-state index in [4.69, 9.17) is 4.98 Å². The lowest BCUT2D eigenvalue weighted by Gasteiger charge is -2.54. The molecule has 1 N–H and O–H groups in total. The van der Waals surface area contributed by atoms with Crippen molar-refractivity contribution in [2.24, 2.45) is 10.8 Å². The predicted octanol–water partition coefficient (Wildman–Crippen LogP) is 9.96. The van der Waals surface area contributed by atoms with Gasteiger partial charge in [0.15, 0.2) is 0 Å². The zero-order chi connectivity index (χ0) is 29.9. The minimum Gasteiger partial charge on any atom is -0.310 e. The Balaban J connectivity index is 1.67. The number of aromatic amines is 1. The molecule has 4 heteroatoms. The molecule has 214 valence electrons. The molecule has 0 aliphatic carbocycles. The van der Waals surface area contributed by atoms with E-state index >= 15 is 0 Å². The van der Waals surface area contributed by atoms with Crippen molar-refractivity contribution in [2.45, 2.75) is 66.2 Å². The largest absolute Gasteiger partial charge is 0.310 e. The first kappa shape index (κ1) is 28.0. The molecule has 2 aromatic heterocycles. The Morgan fingerprint density at radius 3 is 2.05 bits per heavy atom. The van der Waals surface area contributed by atoms with Crippen LogP contribution in [0.3, 0.4) is 0 Å². The molecule has 0 radical (unpaired) electrons. The monoisotopic (exact) mass is 554 g/mol. The highest BCUT2D eigenvalue weighted by molar-refractivity contribution is 5.87. The smallest absolute Gasteiger partial charge is 0.0650 e. The lowest BCUT2D eigenvalue weighted by molar-refractivity contribution is 0.0865. The Morgan fingerprint density at radius 1 is 0.667 bits per heavy atom. The van der Waals surface area contributed by atoms with Crippen molar-refractivity contribution < 1.29 is 0 Å². The van der Waals surface area contributed by atoms with Gasteiger partial charge in [-0.1, -0.05) is 104 Å². The molecule has 1 aliphatic rings. The summed E-state index contributed by atoms with van der Waals surface area (Å²) < 4.78 is 0. The number of benzene rings is 3. The molecule has 4 nitrogen and oxygen atoms in total. The van der Waals surface area contributed by atoms with Crippen LogP contribution in [0, 0.1) is 10.8 Å². The third-order valence-electron chi connectivity index (χ3n) is 9.38. The molecular weight excluding hydrogens is 512 g/mol. The maximum absolute atomic E-state index is 5.03. The van der Waals surface area contributed by atoms with Crippen LogP contribution in [0.15, 0.2) is 103 Å². The zero-order valence-corrected chi connectivity index (χ0v) is 26.2. The van der Waals surface area contributed by atoms with Crippen molar-refractivity contribution in [1.29, 1.82) is 0 Å². The van der Waals surface area contributed by atoms with Gasteiger partial charge in [-0.3, -0.25) is 10.1 Å². The summed E-state index contributed by atoms with van der Waals surface area (Å²) in [6.45, 7) is 18.8. The second-order valence-electron chi connectivity index (χ2n) is 14.2. The molecule has 5 aromatic rings. The third-order valence-corrected chi connectivity index (χ3v) is 9.38. The van der Waals surface area contributed by atoms with E-state index in [0.717, 1.165) is 22.6 Å². The third kappa shape index (κ3) is 4.11. The average Bonchev–Trinajstić information content (AvgIpc) is 3.48. The summed E-state index contributed by atoms with van der Waals surface area (Å²) in [5, 5.41) is 7.34. The number of aromatic nitrogens is 3. The standard InChI is InChI=1S/C38H42N4/c1-35(2,3)38(36(4,5)6,34-18-11-12-22-39-34)27-19-20-30-33(25-27)42(32-17-10-9-16-29(32)37(30,7)8)28-15-13-14-26(24-28)31-21-23-40-41-31/h9-25H,1-8H3,(H,40,41). The van der Waals surface area contributed by atoms with E-state index in [9.17, 15) is 0 Å². The lowest BCUT2D eigenvalue weighted by atomic mass is 9.49. The second kappa shape index (κ2) is 9.69. The van der Waals surface area contributed by atoms with Gasteiger partial charge in [0, 0.05) is 34.5 Å². The van der Waals surface area contributed by atoms with Crippen molar-refractivity contribution in [3.8, 4) is 11.3 Å². The number of para-hydroxylation sites is 1. The Morgan fingerprint density at radius 2 is 1.38 bits per heavy atom. The van der Waals surface area contributed by atoms with Gasteiger partial charge >= 0.3 is 0 Å². The van der Waals surface area contributed by atoms with Crippen LogP contribution in [0.25, 0.3) is 11.3 Å². The Bertz CT molecular complexity index is 1700. The minimum absolute atomic E-state index is 0.124. The SMILES string of the molecule is CC1(C)c2ccccc2N(c2cccc(-c3ccn[nH]3)c2)c2cc(C(c3ccccn3)(C(C)(C)C)C(C)(C)C)ccc21. The highest BCUT2D eigenvalue weighted by atomic mass is 15.2. The van der Waals surface area contributed by atoms with Gasteiger partial charge in [0.05, 0.1) is 22.8 Å². The fourth-order valence-electron chi connectivity index (χ4n) is 7.95. The summed E-state index contributed by atoms with van der Waals surface area (Å²) in [7, 11) is 0. The molecule has 0 unspecified atom stereocenters. The summed E-state index contributed by atoms with van der Waals surface area (Å²) in [5.41, 5.74) is 9.91. The van der Waals surface area contributed by atoms with Crippen LogP contribution in [0.2, 0.25) is 0 Å². The predicted molar refractivity (Wildman–Crippen MR) is 175 cm³/mol. The molecular formula is C38H42N4. The first-order chi connectivity index (χ1) is 19.9. The van der Waals surface area contributed by atoms with Crippen molar-refractivity contribution in [1.82, 2.24) is 15.2 Å². The molecule has 3 heterocycles. The number of hydrogen-bond acceptors (Lipinski definition) is 3. The summed E-state index contributed by atoms with van der Waals surface area (Å²) in [6, 6.07) is 33.2. The number of hydrogen-bond donors (Lipinski definition) is 1. The zero-order valence-electron chi connectivity index (χ0n) is 26.2. The van der Waals surface area contributed by atoms with E-state index in [1.54, 1.807) is 6.20 Å². The van der Waals surface area contributed by atoms with E-state index < -0.39 is 0 Å². The van der Waals surface area contributed by atoms with Crippen molar-refractivity contribution in [3.63, 3.8) is 0 Å². The Hall–Kier alpha value is -4.18. The summed E-state index contributed by atoms with van der Waals surface area (Å²) in [6.07, 6.45) is 3.74. The van der Waals surface area contributed by atoms with Crippen LogP contribution in [-0.4, -0.2) is 15.2 Å². The number of nitrogens with one attached hydrogen (secondary N) is 1. The lowest BCUT2D eigenvalue weighted by Crippen LogP contribution is -2.52. The minimum atomic E-state index is -0.360. The van der Waals surface area contributed by atoms with Gasteiger partial charge in [-0.25, -0.2) is 0 Å². The van der Waals surface area contributed by atoms with Crippen molar-refractivity contribution in [2.75, 3.05) is 4.90 Å². The number of anilines is 3. The molecule has 42 heavy (non-hydrogen) atoms. The fourth-order valence-corrected chi connectivity index (χ4v) is 7.95. The Kier molecular flexibility index (Phi) is 6.45. The fraction of sp³-hybridized carbons (Fsp3) is 0.316. The average molecular weight is 555 g/mol. The van der Waals surface area contributed by atoms with Crippen LogP contribution in [-0.2, 0) is 10.8 Å². The molecule has 1 aliphatic heterocycles. The summed E-state index contributed by atoms with van der Waals surface area (Å²) in [5.74, 6) is 0. The molecule has 3 aromatic carbocycles. The van der Waals surface area contributed by atoms with Crippen LogP contribution >= 0.6 is 0 Å². The first-order valence-electron chi connectivity index (χ1n) is 14.9. The molecule has 6 rings (SSSR count). The molecule has 0 spiro atoms. The van der Waals surface area contributed by atoms with Crippen molar-refractivity contribution >= 4 is 17.1 Å². The second-order valence-corrected chi connectivity index (χ2v) is 14.2. The van der Waals surface area contributed by atoms with Crippen LogP contribution < -0.4 is 4.90 Å².